The number of aromatic nitrogens is 1. The number of anilines is 2. The fourth-order valence-corrected chi connectivity index (χ4v) is 3.83. The van der Waals surface area contributed by atoms with Gasteiger partial charge in [-0.15, -0.1) is 0 Å². The topological polar surface area (TPSA) is 177 Å². The Hall–Kier alpha value is -4.65. The van der Waals surface area contributed by atoms with Crippen molar-refractivity contribution < 1.29 is 43.8 Å². The van der Waals surface area contributed by atoms with E-state index < -0.39 is 48.9 Å². The van der Waals surface area contributed by atoms with Crippen molar-refractivity contribution in [3.8, 4) is 0 Å². The van der Waals surface area contributed by atoms with E-state index in [1.165, 1.54) is 43.6 Å². The summed E-state index contributed by atoms with van der Waals surface area (Å²) in [6.07, 6.45) is 2.62. The second kappa shape index (κ2) is 11.9. The van der Waals surface area contributed by atoms with Crippen LogP contribution in [0.3, 0.4) is 0 Å². The third-order valence-corrected chi connectivity index (χ3v) is 5.53. The number of amides is 4. The molecule has 37 heavy (non-hydrogen) atoms. The van der Waals surface area contributed by atoms with Crippen molar-refractivity contribution in [1.82, 2.24) is 10.6 Å². The van der Waals surface area contributed by atoms with Gasteiger partial charge in [-0.3, -0.25) is 34.1 Å². The van der Waals surface area contributed by atoms with Crippen LogP contribution in [0, 0.1) is 0 Å². The summed E-state index contributed by atoms with van der Waals surface area (Å²) in [6, 6.07) is 6.39. The molecule has 2 atom stereocenters. The van der Waals surface area contributed by atoms with E-state index >= 15 is 0 Å². The largest absolute Gasteiger partial charge is 0.387 e. The van der Waals surface area contributed by atoms with Gasteiger partial charge in [0.05, 0.1) is 29.5 Å². The average molecular weight is 512 g/mol. The van der Waals surface area contributed by atoms with Crippen molar-refractivity contribution in [1.29, 1.82) is 0 Å². The van der Waals surface area contributed by atoms with Gasteiger partial charge < -0.3 is 25.4 Å². The third kappa shape index (κ3) is 6.52. The number of pyridine rings is 1. The first-order chi connectivity index (χ1) is 17.6. The number of benzene rings is 1. The molecule has 4 amide bonds. The maximum Gasteiger partial charge on any atom is 0.252 e. The molecule has 13 heteroatoms. The second-order valence-corrected chi connectivity index (χ2v) is 8.28. The van der Waals surface area contributed by atoms with Gasteiger partial charge >= 0.3 is 0 Å². The number of hydrogen-bond donors (Lipinski definition) is 4. The molecular formula is C24H26N5O8+. The van der Waals surface area contributed by atoms with E-state index in [0.717, 1.165) is 14.5 Å². The second-order valence-electron chi connectivity index (χ2n) is 8.28. The number of hydrogen-bond acceptors (Lipinski definition) is 8. The molecule has 1 aliphatic heterocycles. The number of aldehydes is 1. The van der Waals surface area contributed by atoms with Crippen molar-refractivity contribution in [2.75, 3.05) is 29.5 Å². The van der Waals surface area contributed by atoms with E-state index in [4.69, 9.17) is 0 Å². The minimum Gasteiger partial charge on any atom is -0.387 e. The van der Waals surface area contributed by atoms with Gasteiger partial charge in [0.1, 0.15) is 31.3 Å². The SMILES string of the molecule is CC(=O)C[C@@H](C=O)NC(=O)CN1C(=O)[C@@H](NC(=O)c2cc[n+](O)cc2)CN(C(=O)CO)c2ccccc21. The number of nitrogens with zero attached hydrogens (tertiary/aromatic N) is 3. The van der Waals surface area contributed by atoms with Gasteiger partial charge in [0.15, 0.2) is 0 Å². The van der Waals surface area contributed by atoms with Crippen LogP contribution in [0.25, 0.3) is 0 Å². The Kier molecular flexibility index (Phi) is 8.64. The van der Waals surface area contributed by atoms with Gasteiger partial charge in [0, 0.05) is 23.3 Å². The van der Waals surface area contributed by atoms with Crippen LogP contribution in [0.5, 0.6) is 0 Å². The molecule has 1 aliphatic rings. The molecule has 3 rings (SSSR count). The Balaban J connectivity index is 1.95. The van der Waals surface area contributed by atoms with Crippen LogP contribution in [0.15, 0.2) is 48.8 Å². The fraction of sp³-hybridized carbons (Fsp3) is 0.292. The highest BCUT2D eigenvalue weighted by Crippen LogP contribution is 2.32. The quantitative estimate of drug-likeness (QED) is 0.175. The molecule has 0 aliphatic carbocycles. The molecular weight excluding hydrogens is 486 g/mol. The number of carbonyl (C=O) groups excluding carboxylic acids is 6. The zero-order chi connectivity index (χ0) is 27.1. The molecule has 0 fully saturated rings. The predicted molar refractivity (Wildman–Crippen MR) is 127 cm³/mol. The van der Waals surface area contributed by atoms with Crippen molar-refractivity contribution in [2.24, 2.45) is 0 Å². The van der Waals surface area contributed by atoms with Crippen molar-refractivity contribution in [2.45, 2.75) is 25.4 Å². The Labute approximate surface area is 211 Å². The highest BCUT2D eigenvalue weighted by molar-refractivity contribution is 6.11. The summed E-state index contributed by atoms with van der Waals surface area (Å²) in [5.41, 5.74) is 0.495. The monoisotopic (exact) mass is 512 g/mol. The Morgan fingerprint density at radius 3 is 2.38 bits per heavy atom. The summed E-state index contributed by atoms with van der Waals surface area (Å²) in [4.78, 5) is 76.7. The lowest BCUT2D eigenvalue weighted by atomic mass is 10.1. The number of carbonyl (C=O) groups is 6. The number of fused-ring (bicyclic) bond motifs is 1. The highest BCUT2D eigenvalue weighted by atomic mass is 16.5. The molecule has 4 N–H and O–H groups in total. The van der Waals surface area contributed by atoms with E-state index in [2.05, 4.69) is 10.6 Å². The fourth-order valence-electron chi connectivity index (χ4n) is 3.83. The normalized spacial score (nSPS) is 15.7. The van der Waals surface area contributed by atoms with Gasteiger partial charge in [-0.25, -0.2) is 0 Å². The number of aliphatic hydroxyl groups excluding tert-OH is 1. The van der Waals surface area contributed by atoms with Gasteiger partial charge in [0.2, 0.25) is 18.3 Å². The van der Waals surface area contributed by atoms with Crippen LogP contribution in [0.1, 0.15) is 23.7 Å². The lowest BCUT2D eigenvalue weighted by Crippen LogP contribution is -2.55. The van der Waals surface area contributed by atoms with Crippen molar-refractivity contribution >= 4 is 47.1 Å². The summed E-state index contributed by atoms with van der Waals surface area (Å²) in [5, 5.41) is 23.8. The lowest BCUT2D eigenvalue weighted by Gasteiger charge is -2.25. The third-order valence-electron chi connectivity index (χ3n) is 5.53. The molecule has 0 bridgehead atoms. The Morgan fingerprint density at radius 1 is 1.14 bits per heavy atom. The number of ketones is 1. The molecule has 2 aromatic rings. The number of Topliss-reactive ketones (excluding diaryl/α,β-unsaturated/α-hetero) is 1. The molecule has 1 aromatic carbocycles. The van der Waals surface area contributed by atoms with Gasteiger partial charge in [-0.1, -0.05) is 12.1 Å². The summed E-state index contributed by atoms with van der Waals surface area (Å²) < 4.78 is 0.727. The lowest BCUT2D eigenvalue weighted by molar-refractivity contribution is -0.904. The number of rotatable bonds is 9. The van der Waals surface area contributed by atoms with E-state index in [-0.39, 0.29) is 35.7 Å². The van der Waals surface area contributed by atoms with Crippen molar-refractivity contribution in [3.63, 3.8) is 0 Å². The molecule has 0 unspecified atom stereocenters. The zero-order valence-corrected chi connectivity index (χ0v) is 19.9. The van der Waals surface area contributed by atoms with Crippen LogP contribution < -0.4 is 25.2 Å². The van der Waals surface area contributed by atoms with Crippen LogP contribution in [-0.4, -0.2) is 77.8 Å². The molecule has 0 spiro atoms. The van der Waals surface area contributed by atoms with E-state index in [1.807, 2.05) is 0 Å². The molecule has 2 heterocycles. The molecule has 0 saturated carbocycles. The first kappa shape index (κ1) is 26.9. The van der Waals surface area contributed by atoms with E-state index in [9.17, 15) is 39.1 Å². The number of para-hydroxylation sites is 2. The number of aliphatic hydroxyl groups is 1. The van der Waals surface area contributed by atoms with E-state index in [0.29, 0.717) is 6.29 Å². The average Bonchev–Trinajstić information content (AvgIpc) is 2.98. The van der Waals surface area contributed by atoms with Crippen LogP contribution in [0.4, 0.5) is 11.4 Å². The first-order valence-electron chi connectivity index (χ1n) is 11.2. The summed E-state index contributed by atoms with van der Waals surface area (Å²) >= 11 is 0. The van der Waals surface area contributed by atoms with Crippen LogP contribution in [0.2, 0.25) is 0 Å². The van der Waals surface area contributed by atoms with Crippen LogP contribution >= 0.6 is 0 Å². The smallest absolute Gasteiger partial charge is 0.252 e. The molecule has 1 aromatic heterocycles. The van der Waals surface area contributed by atoms with Crippen molar-refractivity contribution in [3.05, 3.63) is 54.4 Å². The Bertz CT molecular complexity index is 1220. The van der Waals surface area contributed by atoms with Gasteiger partial charge in [-0.2, -0.15) is 0 Å². The zero-order valence-electron chi connectivity index (χ0n) is 19.9. The summed E-state index contributed by atoms with van der Waals surface area (Å²) in [6.45, 7) is -0.524. The van der Waals surface area contributed by atoms with Gasteiger partial charge in [-0.05, 0) is 19.1 Å². The highest BCUT2D eigenvalue weighted by Gasteiger charge is 2.37. The maximum absolute atomic E-state index is 13.6. The minimum atomic E-state index is -1.33. The van der Waals surface area contributed by atoms with E-state index in [1.54, 1.807) is 12.1 Å². The molecule has 13 nitrogen and oxygen atoms in total. The maximum atomic E-state index is 13.6. The summed E-state index contributed by atoms with van der Waals surface area (Å²) in [7, 11) is 0. The molecule has 0 radical (unpaired) electrons. The Morgan fingerprint density at radius 2 is 1.78 bits per heavy atom. The number of nitrogens with one attached hydrogen (secondary N) is 2. The first-order valence-corrected chi connectivity index (χ1v) is 11.2. The minimum absolute atomic E-state index is 0.113. The standard InChI is InChI=1S/C24H25N5O8/c1-15(32)10-17(13-30)25-21(33)12-29-20-5-3-2-4-19(20)28(22(34)14-31)11-18(24(29)36)26-23(35)16-6-8-27(37)9-7-16/h2-9,13,17-18,31H,10-12,14H2,1H3,(H2-,25,26,33,35,37)/p+1/t17-,18-/m0/s1. The summed E-state index contributed by atoms with van der Waals surface area (Å²) in [5.74, 6) is -3.22. The molecule has 194 valence electrons. The van der Waals surface area contributed by atoms with Crippen LogP contribution in [-0.2, 0) is 24.0 Å². The molecule has 0 saturated heterocycles. The predicted octanol–water partition coefficient (Wildman–Crippen LogP) is -1.66. The van der Waals surface area contributed by atoms with Gasteiger partial charge in [0.25, 0.3) is 17.7 Å².